The van der Waals surface area contributed by atoms with Crippen LogP contribution in [0.4, 0.5) is 0 Å². The SMILES string of the molecule is NCC1(C2CCS(=O)(=O)C2)CCCCCCC1. The van der Waals surface area contributed by atoms with Crippen LogP contribution in [-0.2, 0) is 9.84 Å². The van der Waals surface area contributed by atoms with E-state index in [-0.39, 0.29) is 5.41 Å². The van der Waals surface area contributed by atoms with Gasteiger partial charge in [-0.1, -0.05) is 32.1 Å². The van der Waals surface area contributed by atoms with Crippen LogP contribution in [0.5, 0.6) is 0 Å². The fraction of sp³-hybridized carbons (Fsp3) is 1.00. The Morgan fingerprint density at radius 2 is 1.65 bits per heavy atom. The second-order valence-electron chi connectivity index (χ2n) is 5.93. The molecule has 1 atom stereocenters. The van der Waals surface area contributed by atoms with Gasteiger partial charge in [0.1, 0.15) is 0 Å². The minimum absolute atomic E-state index is 0.129. The Bertz CT molecular complexity index is 342. The monoisotopic (exact) mass is 259 g/mol. The van der Waals surface area contributed by atoms with E-state index >= 15 is 0 Å². The molecule has 1 saturated heterocycles. The van der Waals surface area contributed by atoms with Crippen LogP contribution in [0.25, 0.3) is 0 Å². The van der Waals surface area contributed by atoms with Crippen LogP contribution < -0.4 is 5.73 Å². The highest BCUT2D eigenvalue weighted by atomic mass is 32.2. The maximum atomic E-state index is 11.7. The molecule has 1 saturated carbocycles. The van der Waals surface area contributed by atoms with Crippen molar-refractivity contribution in [3.8, 4) is 0 Å². The molecule has 100 valence electrons. The van der Waals surface area contributed by atoms with Crippen molar-refractivity contribution >= 4 is 9.84 Å². The van der Waals surface area contributed by atoms with Crippen molar-refractivity contribution in [2.45, 2.75) is 51.4 Å². The smallest absolute Gasteiger partial charge is 0.150 e. The molecule has 1 unspecified atom stereocenters. The lowest BCUT2D eigenvalue weighted by atomic mass is 9.67. The summed E-state index contributed by atoms with van der Waals surface area (Å²) in [5.41, 5.74) is 6.16. The van der Waals surface area contributed by atoms with Crippen LogP contribution in [0.1, 0.15) is 51.4 Å². The summed E-state index contributed by atoms with van der Waals surface area (Å²) < 4.78 is 23.3. The molecule has 1 heterocycles. The molecule has 0 aromatic rings. The van der Waals surface area contributed by atoms with E-state index in [0.717, 1.165) is 19.3 Å². The van der Waals surface area contributed by atoms with Gasteiger partial charge < -0.3 is 5.73 Å². The highest BCUT2D eigenvalue weighted by molar-refractivity contribution is 7.91. The zero-order valence-corrected chi connectivity index (χ0v) is 11.5. The van der Waals surface area contributed by atoms with Crippen molar-refractivity contribution in [2.75, 3.05) is 18.1 Å². The fourth-order valence-corrected chi connectivity index (χ4v) is 5.61. The second kappa shape index (κ2) is 5.27. The van der Waals surface area contributed by atoms with Crippen LogP contribution in [-0.4, -0.2) is 26.5 Å². The van der Waals surface area contributed by atoms with Crippen LogP contribution >= 0.6 is 0 Å². The largest absolute Gasteiger partial charge is 0.330 e. The Balaban J connectivity index is 2.11. The molecule has 0 amide bonds. The predicted molar refractivity (Wildman–Crippen MR) is 70.6 cm³/mol. The minimum atomic E-state index is -2.77. The van der Waals surface area contributed by atoms with Crippen LogP contribution in [0.2, 0.25) is 0 Å². The molecule has 2 rings (SSSR count). The van der Waals surface area contributed by atoms with E-state index in [9.17, 15) is 8.42 Å². The van der Waals surface area contributed by atoms with Gasteiger partial charge in [0.15, 0.2) is 9.84 Å². The maximum absolute atomic E-state index is 11.7. The first-order chi connectivity index (χ1) is 8.08. The van der Waals surface area contributed by atoms with Crippen molar-refractivity contribution in [2.24, 2.45) is 17.1 Å². The Hall–Kier alpha value is -0.0900. The number of sulfone groups is 1. The lowest BCUT2D eigenvalue weighted by Crippen LogP contribution is -2.39. The summed E-state index contributed by atoms with van der Waals surface area (Å²) in [5.74, 6) is 1.11. The van der Waals surface area contributed by atoms with Crippen LogP contribution in [0, 0.1) is 11.3 Å². The highest BCUT2D eigenvalue weighted by Crippen LogP contribution is 2.44. The van der Waals surface area contributed by atoms with Gasteiger partial charge in [0.2, 0.25) is 0 Å². The van der Waals surface area contributed by atoms with E-state index in [1.165, 1.54) is 32.1 Å². The molecule has 0 aromatic heterocycles. The molecule has 17 heavy (non-hydrogen) atoms. The molecule has 1 aliphatic heterocycles. The van der Waals surface area contributed by atoms with Crippen molar-refractivity contribution in [1.29, 1.82) is 0 Å². The molecule has 1 aliphatic carbocycles. The summed E-state index contributed by atoms with van der Waals surface area (Å²) >= 11 is 0. The summed E-state index contributed by atoms with van der Waals surface area (Å²) in [5, 5.41) is 0. The standard InChI is InChI=1S/C13H25NO2S/c14-11-13(7-4-2-1-3-5-8-13)12-6-9-17(15,16)10-12/h12H,1-11,14H2. The predicted octanol–water partition coefficient (Wildman–Crippen LogP) is 2.11. The van der Waals surface area contributed by atoms with E-state index in [2.05, 4.69) is 0 Å². The molecule has 4 heteroatoms. The molecule has 2 aliphatic rings. The molecule has 0 aromatic carbocycles. The van der Waals surface area contributed by atoms with Gasteiger partial charge in [0, 0.05) is 0 Å². The number of hydrogen-bond acceptors (Lipinski definition) is 3. The first-order valence-corrected chi connectivity index (χ1v) is 8.81. The molecule has 0 bridgehead atoms. The quantitative estimate of drug-likeness (QED) is 0.826. The Kier molecular flexibility index (Phi) is 4.14. The van der Waals surface area contributed by atoms with Gasteiger partial charge in [-0.25, -0.2) is 8.42 Å². The van der Waals surface area contributed by atoms with Crippen molar-refractivity contribution in [1.82, 2.24) is 0 Å². The maximum Gasteiger partial charge on any atom is 0.150 e. The summed E-state index contributed by atoms with van der Waals surface area (Å²) in [6, 6.07) is 0. The first kappa shape index (κ1) is 13.3. The lowest BCUT2D eigenvalue weighted by molar-refractivity contribution is 0.136. The Labute approximate surface area is 105 Å². The van der Waals surface area contributed by atoms with E-state index in [1.807, 2.05) is 0 Å². The Morgan fingerprint density at radius 1 is 1.06 bits per heavy atom. The third kappa shape index (κ3) is 3.02. The third-order valence-electron chi connectivity index (χ3n) is 4.85. The number of nitrogens with two attached hydrogens (primary N) is 1. The van der Waals surface area contributed by atoms with Crippen molar-refractivity contribution < 1.29 is 8.42 Å². The summed E-state index contributed by atoms with van der Waals surface area (Å²) in [6.45, 7) is 0.674. The number of rotatable bonds is 2. The van der Waals surface area contributed by atoms with Gasteiger partial charge in [-0.15, -0.1) is 0 Å². The molecule has 2 N–H and O–H groups in total. The van der Waals surface area contributed by atoms with E-state index in [4.69, 9.17) is 5.73 Å². The van der Waals surface area contributed by atoms with Gasteiger partial charge in [-0.3, -0.25) is 0 Å². The number of hydrogen-bond donors (Lipinski definition) is 1. The summed E-state index contributed by atoms with van der Waals surface area (Å²) in [6.07, 6.45) is 9.51. The highest BCUT2D eigenvalue weighted by Gasteiger charge is 2.43. The van der Waals surface area contributed by atoms with Gasteiger partial charge >= 0.3 is 0 Å². The average Bonchev–Trinajstić information content (AvgIpc) is 2.60. The molecule has 0 radical (unpaired) electrons. The fourth-order valence-electron chi connectivity index (χ4n) is 3.67. The third-order valence-corrected chi connectivity index (χ3v) is 6.62. The van der Waals surface area contributed by atoms with Gasteiger partial charge in [-0.2, -0.15) is 0 Å². The van der Waals surface area contributed by atoms with Gasteiger partial charge in [-0.05, 0) is 37.1 Å². The second-order valence-corrected chi connectivity index (χ2v) is 8.16. The summed E-state index contributed by atoms with van der Waals surface area (Å²) in [4.78, 5) is 0. The molecular weight excluding hydrogens is 234 g/mol. The van der Waals surface area contributed by atoms with E-state index in [1.54, 1.807) is 0 Å². The molecule has 0 spiro atoms. The van der Waals surface area contributed by atoms with E-state index in [0.29, 0.717) is 24.0 Å². The molecule has 3 nitrogen and oxygen atoms in total. The van der Waals surface area contributed by atoms with Gasteiger partial charge in [0.25, 0.3) is 0 Å². The minimum Gasteiger partial charge on any atom is -0.330 e. The lowest BCUT2D eigenvalue weighted by Gasteiger charge is -2.39. The normalized spacial score (nSPS) is 32.9. The van der Waals surface area contributed by atoms with E-state index < -0.39 is 9.84 Å². The van der Waals surface area contributed by atoms with Gasteiger partial charge in [0.05, 0.1) is 11.5 Å². The zero-order valence-electron chi connectivity index (χ0n) is 10.7. The Morgan fingerprint density at radius 3 is 2.12 bits per heavy atom. The van der Waals surface area contributed by atoms with Crippen LogP contribution in [0.15, 0.2) is 0 Å². The van der Waals surface area contributed by atoms with Crippen LogP contribution in [0.3, 0.4) is 0 Å². The van der Waals surface area contributed by atoms with Crippen molar-refractivity contribution in [3.05, 3.63) is 0 Å². The zero-order chi connectivity index (χ0) is 12.4. The summed E-state index contributed by atoms with van der Waals surface area (Å²) in [7, 11) is -2.77. The van der Waals surface area contributed by atoms with Crippen molar-refractivity contribution in [3.63, 3.8) is 0 Å². The first-order valence-electron chi connectivity index (χ1n) is 6.98. The molecule has 2 fully saturated rings. The average molecular weight is 259 g/mol. The molecular formula is C13H25NO2S. The topological polar surface area (TPSA) is 60.2 Å².